The van der Waals surface area contributed by atoms with E-state index in [9.17, 15) is 18.8 Å². The maximum Gasteiger partial charge on any atom is 0.249 e. The lowest BCUT2D eigenvalue weighted by Crippen LogP contribution is -2.53. The van der Waals surface area contributed by atoms with Crippen LogP contribution in [0.25, 0.3) is 0 Å². The number of hydrogen-bond acceptors (Lipinski definition) is 4. The number of carbonyl (C=O) groups is 1. The average Bonchev–Trinajstić information content (AvgIpc) is 2.73. The predicted octanol–water partition coefficient (Wildman–Crippen LogP) is 3.50. The first-order valence-electron chi connectivity index (χ1n) is 8.77. The molecule has 0 aromatic heterocycles. The maximum atomic E-state index is 13.1. The van der Waals surface area contributed by atoms with Crippen LogP contribution in [0.4, 0.5) is 8.78 Å². The molecule has 1 N–H and O–H groups in total. The van der Waals surface area contributed by atoms with Crippen LogP contribution in [0.1, 0.15) is 53.9 Å². The Morgan fingerprint density at radius 2 is 2.04 bits per heavy atom. The van der Waals surface area contributed by atoms with Gasteiger partial charge >= 0.3 is 0 Å². The van der Waals surface area contributed by atoms with Crippen LogP contribution in [0, 0.1) is 17.2 Å². The molecule has 1 aliphatic heterocycles. The number of amides is 1. The first-order valence-corrected chi connectivity index (χ1v) is 8.77. The van der Waals surface area contributed by atoms with Crippen molar-refractivity contribution in [3.63, 3.8) is 0 Å². The second kappa shape index (κ2) is 5.63. The van der Waals surface area contributed by atoms with Crippen LogP contribution in [0.5, 0.6) is 0 Å². The van der Waals surface area contributed by atoms with Crippen LogP contribution in [0.2, 0.25) is 0 Å². The zero-order valence-electron chi connectivity index (χ0n) is 15.8. The Kier molecular flexibility index (Phi) is 4.02. The van der Waals surface area contributed by atoms with Crippen molar-refractivity contribution in [3.8, 4) is 6.07 Å². The summed E-state index contributed by atoms with van der Waals surface area (Å²) in [6, 6.07) is 2.21. The number of alkyl halides is 2. The van der Waals surface area contributed by atoms with Crippen molar-refractivity contribution >= 4 is 11.9 Å². The number of nitrogens with one attached hydrogen (secondary N) is 1. The van der Waals surface area contributed by atoms with Gasteiger partial charge in [0, 0.05) is 30.7 Å². The Hall–Kier alpha value is -2.23. The molecule has 0 bridgehead atoms. The fourth-order valence-electron chi connectivity index (χ4n) is 3.87. The number of carbonyl (C=O) groups excluding carboxylic acids is 1. The normalized spacial score (nSPS) is 28.0. The minimum atomic E-state index is -2.74. The van der Waals surface area contributed by atoms with Gasteiger partial charge in [-0.1, -0.05) is 5.57 Å². The minimum absolute atomic E-state index is 0.374. The third-order valence-electron chi connectivity index (χ3n) is 5.19. The van der Waals surface area contributed by atoms with E-state index in [4.69, 9.17) is 4.99 Å². The van der Waals surface area contributed by atoms with E-state index in [1.54, 1.807) is 0 Å². The van der Waals surface area contributed by atoms with Gasteiger partial charge in [0.05, 0.1) is 17.3 Å². The fraction of sp³-hybridized carbons (Fsp3) is 0.632. The Morgan fingerprint density at radius 3 is 2.54 bits per heavy atom. The monoisotopic (exact) mass is 362 g/mol. The number of nitriles is 1. The van der Waals surface area contributed by atoms with Crippen LogP contribution in [-0.4, -0.2) is 33.8 Å². The Morgan fingerprint density at radius 1 is 1.42 bits per heavy atom. The van der Waals surface area contributed by atoms with Crippen LogP contribution in [0.3, 0.4) is 0 Å². The molecule has 0 aromatic carbocycles. The van der Waals surface area contributed by atoms with Crippen molar-refractivity contribution in [1.29, 1.82) is 5.26 Å². The summed E-state index contributed by atoms with van der Waals surface area (Å²) in [5.41, 5.74) is 1.42. The summed E-state index contributed by atoms with van der Waals surface area (Å²) in [6.45, 7) is 9.81. The molecule has 140 valence electrons. The second-order valence-electron chi connectivity index (χ2n) is 8.68. The largest absolute Gasteiger partial charge is 0.308 e. The number of rotatable bonds is 1. The molecule has 0 spiro atoms. The number of hydrogen-bond donors (Lipinski definition) is 1. The van der Waals surface area contributed by atoms with E-state index < -0.39 is 41.7 Å². The maximum absolute atomic E-state index is 13.1. The number of nitrogens with zero attached hydrogens (tertiary/aromatic N) is 3. The van der Waals surface area contributed by atoms with Gasteiger partial charge in [0.2, 0.25) is 17.8 Å². The van der Waals surface area contributed by atoms with E-state index in [0.29, 0.717) is 18.0 Å². The second-order valence-corrected chi connectivity index (χ2v) is 8.68. The third-order valence-corrected chi connectivity index (χ3v) is 5.19. The molecular formula is C19H24F2N4O. The lowest BCUT2D eigenvalue weighted by Gasteiger charge is -2.40. The molecule has 3 aliphatic rings. The summed E-state index contributed by atoms with van der Waals surface area (Å²) in [6.07, 6.45) is 1.57. The highest BCUT2D eigenvalue weighted by Crippen LogP contribution is 2.45. The minimum Gasteiger partial charge on any atom is -0.308 e. The van der Waals surface area contributed by atoms with Crippen molar-refractivity contribution in [2.45, 2.75) is 70.9 Å². The van der Waals surface area contributed by atoms with Gasteiger partial charge in [-0.25, -0.2) is 13.8 Å². The molecule has 0 saturated heterocycles. The van der Waals surface area contributed by atoms with Crippen LogP contribution < -0.4 is 5.32 Å². The van der Waals surface area contributed by atoms with E-state index in [2.05, 4.69) is 11.4 Å². The first kappa shape index (κ1) is 18.6. The van der Waals surface area contributed by atoms with Gasteiger partial charge in [0.1, 0.15) is 5.54 Å². The highest BCUT2D eigenvalue weighted by molar-refractivity contribution is 6.01. The summed E-state index contributed by atoms with van der Waals surface area (Å²) in [5.74, 6) is -3.47. The summed E-state index contributed by atoms with van der Waals surface area (Å²) < 4.78 is 26.2. The van der Waals surface area contributed by atoms with Gasteiger partial charge in [-0.3, -0.25) is 10.1 Å². The van der Waals surface area contributed by atoms with Crippen LogP contribution in [0.15, 0.2) is 27.9 Å². The van der Waals surface area contributed by atoms with Gasteiger partial charge < -0.3 is 4.90 Å². The van der Waals surface area contributed by atoms with E-state index in [-0.39, 0.29) is 0 Å². The first-order chi connectivity index (χ1) is 11.9. The van der Waals surface area contributed by atoms with Crippen LogP contribution >= 0.6 is 0 Å². The Labute approximate surface area is 152 Å². The smallest absolute Gasteiger partial charge is 0.249 e. The van der Waals surface area contributed by atoms with Crippen molar-refractivity contribution in [2.24, 2.45) is 10.9 Å². The van der Waals surface area contributed by atoms with Crippen LogP contribution in [-0.2, 0) is 4.79 Å². The van der Waals surface area contributed by atoms with E-state index >= 15 is 0 Å². The molecule has 1 saturated carbocycles. The number of allylic oxidation sites excluding steroid dienone is 2. The fourth-order valence-corrected chi connectivity index (χ4v) is 3.87. The molecule has 1 atom stereocenters. The predicted molar refractivity (Wildman–Crippen MR) is 94.3 cm³/mol. The lowest BCUT2D eigenvalue weighted by molar-refractivity contribution is -0.149. The summed E-state index contributed by atoms with van der Waals surface area (Å²) in [4.78, 5) is 19.0. The lowest BCUT2D eigenvalue weighted by atomic mass is 9.81. The number of aliphatic imine (C=N–C) groups is 1. The molecule has 3 rings (SSSR count). The number of fused-ring (bicyclic) bond motifs is 1. The van der Waals surface area contributed by atoms with Gasteiger partial charge in [-0.15, -0.1) is 0 Å². The molecule has 1 fully saturated rings. The van der Waals surface area contributed by atoms with E-state index in [0.717, 1.165) is 11.3 Å². The van der Waals surface area contributed by atoms with Gasteiger partial charge in [0.15, 0.2) is 0 Å². The van der Waals surface area contributed by atoms with Gasteiger partial charge in [-0.05, 0) is 40.7 Å². The molecule has 1 unspecified atom stereocenters. The third kappa shape index (κ3) is 3.02. The molecule has 5 nitrogen and oxygen atoms in total. The van der Waals surface area contributed by atoms with E-state index in [1.807, 2.05) is 45.6 Å². The summed E-state index contributed by atoms with van der Waals surface area (Å²) in [7, 11) is 0. The standard InChI is InChI=1S/C19H24F2N4O/c1-11-7-18(5)14(6-12(11)10-22)25(17(2,3)4)16(24-18)23-15(26)13-8-19(20,21)9-13/h6,13H,7-9H2,1-5H3,(H,23,24,26). The number of halogens is 2. The van der Waals surface area contributed by atoms with Crippen molar-refractivity contribution < 1.29 is 13.6 Å². The molecule has 26 heavy (non-hydrogen) atoms. The van der Waals surface area contributed by atoms with E-state index in [1.165, 1.54) is 0 Å². The van der Waals surface area contributed by atoms with Crippen molar-refractivity contribution in [2.75, 3.05) is 0 Å². The number of guanidine groups is 1. The summed E-state index contributed by atoms with van der Waals surface area (Å²) in [5, 5.41) is 12.1. The van der Waals surface area contributed by atoms with Crippen molar-refractivity contribution in [3.05, 3.63) is 22.9 Å². The summed E-state index contributed by atoms with van der Waals surface area (Å²) >= 11 is 0. The highest BCUT2D eigenvalue weighted by atomic mass is 19.3. The Balaban J connectivity index is 1.91. The molecular weight excluding hydrogens is 338 g/mol. The molecule has 0 radical (unpaired) electrons. The average molecular weight is 362 g/mol. The molecule has 0 aromatic rings. The SMILES string of the molecule is CC1=C(C#N)C=C2N(C(C)(C)C)C(NC(=O)C3CC(F)(F)C3)=NC2(C)C1. The Bertz CT molecular complexity index is 789. The zero-order valence-corrected chi connectivity index (χ0v) is 15.8. The molecule has 2 aliphatic carbocycles. The van der Waals surface area contributed by atoms with Gasteiger partial charge in [0.25, 0.3) is 0 Å². The van der Waals surface area contributed by atoms with Gasteiger partial charge in [-0.2, -0.15) is 5.26 Å². The molecule has 1 heterocycles. The highest BCUT2D eigenvalue weighted by Gasteiger charge is 2.51. The molecule has 7 heteroatoms. The topological polar surface area (TPSA) is 68.5 Å². The quantitative estimate of drug-likeness (QED) is 0.776. The van der Waals surface area contributed by atoms with Crippen molar-refractivity contribution in [1.82, 2.24) is 10.2 Å². The zero-order chi connectivity index (χ0) is 19.5. The molecule has 1 amide bonds.